The molecular formula is C15H13BrFNO2. The highest BCUT2D eigenvalue weighted by atomic mass is 79.9. The quantitative estimate of drug-likeness (QED) is 0.915. The Balaban J connectivity index is 1.96. The predicted molar refractivity (Wildman–Crippen MR) is 79.3 cm³/mol. The largest absolute Gasteiger partial charge is 0.481 e. The summed E-state index contributed by atoms with van der Waals surface area (Å²) in [5, 5.41) is 2.73. The minimum Gasteiger partial charge on any atom is -0.481 e. The minimum atomic E-state index is -0.722. The van der Waals surface area contributed by atoms with Gasteiger partial charge in [0.1, 0.15) is 11.6 Å². The van der Waals surface area contributed by atoms with Gasteiger partial charge in [0, 0.05) is 16.2 Å². The average molecular weight is 338 g/mol. The van der Waals surface area contributed by atoms with E-state index in [1.165, 1.54) is 18.2 Å². The van der Waals surface area contributed by atoms with Crippen molar-refractivity contribution in [3.8, 4) is 5.75 Å². The molecule has 1 N–H and O–H groups in total. The molecule has 0 aromatic heterocycles. The summed E-state index contributed by atoms with van der Waals surface area (Å²) in [6.45, 7) is 1.61. The lowest BCUT2D eigenvalue weighted by molar-refractivity contribution is -0.122. The van der Waals surface area contributed by atoms with Crippen molar-refractivity contribution in [2.75, 3.05) is 5.32 Å². The van der Waals surface area contributed by atoms with Crippen LogP contribution in [0.15, 0.2) is 53.0 Å². The number of hydrogen-bond donors (Lipinski definition) is 1. The number of carbonyl (C=O) groups excluding carboxylic acids is 1. The van der Waals surface area contributed by atoms with Gasteiger partial charge in [-0.25, -0.2) is 4.39 Å². The molecule has 2 aromatic rings. The maximum atomic E-state index is 13.0. The van der Waals surface area contributed by atoms with Crippen molar-refractivity contribution < 1.29 is 13.9 Å². The van der Waals surface area contributed by atoms with Crippen LogP contribution in [-0.2, 0) is 4.79 Å². The normalized spacial score (nSPS) is 11.8. The first-order valence-corrected chi connectivity index (χ1v) is 6.82. The van der Waals surface area contributed by atoms with Crippen molar-refractivity contribution in [1.29, 1.82) is 0 Å². The molecule has 2 aromatic carbocycles. The fraction of sp³-hybridized carbons (Fsp3) is 0.133. The van der Waals surface area contributed by atoms with Gasteiger partial charge < -0.3 is 10.1 Å². The van der Waals surface area contributed by atoms with Crippen LogP contribution in [0.1, 0.15) is 6.92 Å². The van der Waals surface area contributed by atoms with Gasteiger partial charge in [0.15, 0.2) is 6.10 Å². The zero-order chi connectivity index (χ0) is 14.5. The summed E-state index contributed by atoms with van der Waals surface area (Å²) in [6, 6.07) is 12.9. The van der Waals surface area contributed by atoms with E-state index in [1.807, 2.05) is 12.1 Å². The summed E-state index contributed by atoms with van der Waals surface area (Å²) < 4.78 is 19.3. The highest BCUT2D eigenvalue weighted by molar-refractivity contribution is 9.10. The molecule has 0 aliphatic rings. The molecule has 0 saturated heterocycles. The molecule has 1 unspecified atom stereocenters. The van der Waals surface area contributed by atoms with E-state index in [0.717, 1.165) is 4.47 Å². The van der Waals surface area contributed by atoms with Crippen LogP contribution < -0.4 is 10.1 Å². The van der Waals surface area contributed by atoms with Gasteiger partial charge in [-0.15, -0.1) is 0 Å². The summed E-state index contributed by atoms with van der Waals surface area (Å²) in [5.74, 6) is -0.372. The third kappa shape index (κ3) is 4.06. The van der Waals surface area contributed by atoms with Crippen LogP contribution in [0.25, 0.3) is 0 Å². The molecule has 0 aliphatic carbocycles. The molecule has 104 valence electrons. The average Bonchev–Trinajstić information content (AvgIpc) is 2.41. The fourth-order valence-corrected chi connectivity index (χ4v) is 1.84. The van der Waals surface area contributed by atoms with Crippen LogP contribution in [0.5, 0.6) is 5.75 Å². The predicted octanol–water partition coefficient (Wildman–Crippen LogP) is 3.99. The molecule has 1 atom stereocenters. The van der Waals surface area contributed by atoms with Crippen LogP contribution in [0.3, 0.4) is 0 Å². The van der Waals surface area contributed by atoms with Crippen LogP contribution in [-0.4, -0.2) is 12.0 Å². The third-order valence-corrected chi connectivity index (χ3v) is 3.12. The second-order valence-corrected chi connectivity index (χ2v) is 5.13. The Morgan fingerprint density at radius 2 is 1.95 bits per heavy atom. The fourth-order valence-electron chi connectivity index (χ4n) is 1.58. The van der Waals surface area contributed by atoms with Crippen molar-refractivity contribution >= 4 is 27.5 Å². The molecule has 0 aliphatic heterocycles. The highest BCUT2D eigenvalue weighted by Crippen LogP contribution is 2.16. The molecule has 0 spiro atoms. The van der Waals surface area contributed by atoms with Crippen molar-refractivity contribution in [2.24, 2.45) is 0 Å². The van der Waals surface area contributed by atoms with E-state index in [-0.39, 0.29) is 5.91 Å². The molecule has 0 fully saturated rings. The molecule has 3 nitrogen and oxygen atoms in total. The van der Waals surface area contributed by atoms with Crippen molar-refractivity contribution in [1.82, 2.24) is 0 Å². The number of hydrogen-bond acceptors (Lipinski definition) is 2. The van der Waals surface area contributed by atoms with Crippen LogP contribution >= 0.6 is 15.9 Å². The number of amides is 1. The van der Waals surface area contributed by atoms with E-state index in [2.05, 4.69) is 21.2 Å². The Hall–Kier alpha value is -1.88. The summed E-state index contributed by atoms with van der Waals surface area (Å²) in [7, 11) is 0. The number of anilines is 1. The number of ether oxygens (including phenoxy) is 1. The second-order valence-electron chi connectivity index (χ2n) is 4.21. The van der Waals surface area contributed by atoms with E-state index in [0.29, 0.717) is 11.4 Å². The Morgan fingerprint density at radius 3 is 2.60 bits per heavy atom. The Labute approximate surface area is 124 Å². The Kier molecular flexibility index (Phi) is 4.74. The number of rotatable bonds is 4. The Bertz CT molecular complexity index is 601. The molecule has 1 amide bonds. The van der Waals surface area contributed by atoms with Gasteiger partial charge in [0.05, 0.1) is 0 Å². The lowest BCUT2D eigenvalue weighted by Gasteiger charge is -2.14. The van der Waals surface area contributed by atoms with Crippen LogP contribution in [0.4, 0.5) is 10.1 Å². The maximum Gasteiger partial charge on any atom is 0.265 e. The SMILES string of the molecule is CC(Oc1cccc(F)c1)C(=O)Nc1ccc(Br)cc1. The molecule has 20 heavy (non-hydrogen) atoms. The number of carbonyl (C=O) groups is 1. The van der Waals surface area contributed by atoms with Crippen molar-refractivity contribution in [3.05, 3.63) is 58.8 Å². The van der Waals surface area contributed by atoms with Crippen molar-refractivity contribution in [2.45, 2.75) is 13.0 Å². The van der Waals surface area contributed by atoms with Crippen LogP contribution in [0, 0.1) is 5.82 Å². The van der Waals surface area contributed by atoms with E-state index in [1.54, 1.807) is 25.1 Å². The van der Waals surface area contributed by atoms with Gasteiger partial charge in [-0.3, -0.25) is 4.79 Å². The van der Waals surface area contributed by atoms with E-state index >= 15 is 0 Å². The molecule has 0 radical (unpaired) electrons. The zero-order valence-corrected chi connectivity index (χ0v) is 12.4. The lowest BCUT2D eigenvalue weighted by atomic mass is 10.3. The Morgan fingerprint density at radius 1 is 1.25 bits per heavy atom. The maximum absolute atomic E-state index is 13.0. The first-order valence-electron chi connectivity index (χ1n) is 6.03. The summed E-state index contributed by atoms with van der Waals surface area (Å²) >= 11 is 3.32. The van der Waals surface area contributed by atoms with Gasteiger partial charge in [-0.05, 0) is 43.3 Å². The summed E-state index contributed by atoms with van der Waals surface area (Å²) in [5.41, 5.74) is 0.674. The number of nitrogens with one attached hydrogen (secondary N) is 1. The zero-order valence-electron chi connectivity index (χ0n) is 10.8. The summed E-state index contributed by atoms with van der Waals surface area (Å²) in [6.07, 6.45) is -0.722. The minimum absolute atomic E-state index is 0.295. The van der Waals surface area contributed by atoms with Gasteiger partial charge in [0.2, 0.25) is 0 Å². The molecular weight excluding hydrogens is 325 g/mol. The van der Waals surface area contributed by atoms with Gasteiger partial charge >= 0.3 is 0 Å². The summed E-state index contributed by atoms with van der Waals surface area (Å²) in [4.78, 5) is 11.9. The van der Waals surface area contributed by atoms with E-state index < -0.39 is 11.9 Å². The number of halogens is 2. The smallest absolute Gasteiger partial charge is 0.265 e. The standard InChI is InChI=1S/C15H13BrFNO2/c1-10(20-14-4-2-3-12(17)9-14)15(19)18-13-7-5-11(16)6-8-13/h2-10H,1H3,(H,18,19). The molecule has 2 rings (SSSR count). The monoisotopic (exact) mass is 337 g/mol. The van der Waals surface area contributed by atoms with E-state index in [9.17, 15) is 9.18 Å². The van der Waals surface area contributed by atoms with Crippen LogP contribution in [0.2, 0.25) is 0 Å². The van der Waals surface area contributed by atoms with Gasteiger partial charge in [0.25, 0.3) is 5.91 Å². The topological polar surface area (TPSA) is 38.3 Å². The number of benzene rings is 2. The third-order valence-electron chi connectivity index (χ3n) is 2.59. The van der Waals surface area contributed by atoms with Gasteiger partial charge in [-0.1, -0.05) is 22.0 Å². The first-order chi connectivity index (χ1) is 9.54. The molecule has 5 heteroatoms. The molecule has 0 saturated carbocycles. The highest BCUT2D eigenvalue weighted by Gasteiger charge is 2.15. The van der Waals surface area contributed by atoms with Gasteiger partial charge in [-0.2, -0.15) is 0 Å². The first kappa shape index (κ1) is 14.5. The molecule has 0 bridgehead atoms. The second kappa shape index (κ2) is 6.52. The van der Waals surface area contributed by atoms with Crippen molar-refractivity contribution in [3.63, 3.8) is 0 Å². The van der Waals surface area contributed by atoms with E-state index in [4.69, 9.17) is 4.74 Å². The lowest BCUT2D eigenvalue weighted by Crippen LogP contribution is -2.30. The molecule has 0 heterocycles.